The molecule has 146 valence electrons. The van der Waals surface area contributed by atoms with Crippen molar-refractivity contribution in [2.45, 2.75) is 51.3 Å². The first-order valence-electron chi connectivity index (χ1n) is 7.44. The number of nitrogens with two attached hydrogens (primary N) is 1. The van der Waals surface area contributed by atoms with Gasteiger partial charge in [-0.3, -0.25) is 9.59 Å². The summed E-state index contributed by atoms with van der Waals surface area (Å²) in [5.41, 5.74) is 5.24. The summed E-state index contributed by atoms with van der Waals surface area (Å²) in [6.45, 7) is 2.97. The summed E-state index contributed by atoms with van der Waals surface area (Å²) in [4.78, 5) is 42.3. The van der Waals surface area contributed by atoms with Gasteiger partial charge >= 0.3 is 17.9 Å². The summed E-state index contributed by atoms with van der Waals surface area (Å²) in [6.07, 6.45) is -1.42. The minimum atomic E-state index is -1.63. The van der Waals surface area contributed by atoms with E-state index in [9.17, 15) is 19.2 Å². The standard InChI is InChI=1S/C11H20N2O5.C3H6O4/c1-6(2)5-8(11(17)18)13-9(14)4-3-7(12)10(15)16;4-1-2(5)3(6)7/h6-8H,3-5,12H2,1-2H3,(H,13,14)(H,15,16)(H,17,18);2,4-5H,1H2,(H,6,7). The molecule has 0 saturated heterocycles. The van der Waals surface area contributed by atoms with E-state index in [1.54, 1.807) is 0 Å². The Morgan fingerprint density at radius 3 is 1.80 bits per heavy atom. The van der Waals surface area contributed by atoms with Gasteiger partial charge in [0.25, 0.3) is 0 Å². The van der Waals surface area contributed by atoms with Gasteiger partial charge in [-0.2, -0.15) is 0 Å². The van der Waals surface area contributed by atoms with Crippen molar-refractivity contribution in [2.75, 3.05) is 6.61 Å². The summed E-state index contributed by atoms with van der Waals surface area (Å²) >= 11 is 0. The number of aliphatic hydroxyl groups is 2. The van der Waals surface area contributed by atoms with Crippen LogP contribution in [0.25, 0.3) is 0 Å². The van der Waals surface area contributed by atoms with Crippen LogP contribution in [-0.2, 0) is 19.2 Å². The van der Waals surface area contributed by atoms with E-state index in [4.69, 9.17) is 31.3 Å². The maximum Gasteiger partial charge on any atom is 0.334 e. The third kappa shape index (κ3) is 13.9. The summed E-state index contributed by atoms with van der Waals surface area (Å²) < 4.78 is 0. The number of carbonyl (C=O) groups excluding carboxylic acids is 1. The Hall–Kier alpha value is -2.24. The van der Waals surface area contributed by atoms with Gasteiger partial charge in [-0.1, -0.05) is 13.8 Å². The van der Waals surface area contributed by atoms with Crippen molar-refractivity contribution in [3.63, 3.8) is 0 Å². The minimum absolute atomic E-state index is 0.0187. The van der Waals surface area contributed by atoms with Crippen LogP contribution in [0.15, 0.2) is 0 Å². The van der Waals surface area contributed by atoms with Crippen molar-refractivity contribution < 1.29 is 44.7 Å². The lowest BCUT2D eigenvalue weighted by atomic mass is 10.0. The number of carboxylic acid groups (broad SMARTS) is 3. The van der Waals surface area contributed by atoms with Gasteiger partial charge in [0.1, 0.15) is 12.1 Å². The van der Waals surface area contributed by atoms with E-state index in [0.717, 1.165) is 0 Å². The number of carboxylic acids is 3. The van der Waals surface area contributed by atoms with Gasteiger partial charge in [0.15, 0.2) is 6.10 Å². The number of aliphatic carboxylic acids is 3. The molecule has 0 rings (SSSR count). The van der Waals surface area contributed by atoms with Crippen molar-refractivity contribution in [3.05, 3.63) is 0 Å². The minimum Gasteiger partial charge on any atom is -0.480 e. The van der Waals surface area contributed by atoms with Crippen molar-refractivity contribution in [3.8, 4) is 0 Å². The van der Waals surface area contributed by atoms with E-state index in [2.05, 4.69) is 5.32 Å². The summed E-state index contributed by atoms with van der Waals surface area (Å²) in [7, 11) is 0. The average Bonchev–Trinajstić information content (AvgIpc) is 2.50. The normalized spacial score (nSPS) is 13.8. The molecule has 0 aromatic rings. The number of nitrogens with one attached hydrogen (secondary N) is 1. The zero-order valence-electron chi connectivity index (χ0n) is 14.1. The van der Waals surface area contributed by atoms with Gasteiger partial charge in [-0.25, -0.2) is 9.59 Å². The Kier molecular flexibility index (Phi) is 13.1. The van der Waals surface area contributed by atoms with Gasteiger partial charge in [-0.15, -0.1) is 0 Å². The molecule has 1 amide bonds. The highest BCUT2D eigenvalue weighted by molar-refractivity contribution is 5.84. The molecule has 8 N–H and O–H groups in total. The lowest BCUT2D eigenvalue weighted by molar-refractivity contribution is -0.148. The molecule has 3 unspecified atom stereocenters. The second kappa shape index (κ2) is 13.1. The highest BCUT2D eigenvalue weighted by Gasteiger charge is 2.21. The molecule has 11 heteroatoms. The molecular formula is C14H26N2O9. The van der Waals surface area contributed by atoms with Crippen molar-refractivity contribution >= 4 is 23.8 Å². The van der Waals surface area contributed by atoms with Gasteiger partial charge < -0.3 is 36.6 Å². The summed E-state index contributed by atoms with van der Waals surface area (Å²) in [5.74, 6) is -4.05. The van der Waals surface area contributed by atoms with Gasteiger partial charge in [0.05, 0.1) is 6.61 Å². The van der Waals surface area contributed by atoms with Crippen molar-refractivity contribution in [1.82, 2.24) is 5.32 Å². The van der Waals surface area contributed by atoms with Crippen molar-refractivity contribution in [2.24, 2.45) is 11.7 Å². The molecule has 11 nitrogen and oxygen atoms in total. The van der Waals surface area contributed by atoms with E-state index < -0.39 is 48.6 Å². The topological polar surface area (TPSA) is 207 Å². The largest absolute Gasteiger partial charge is 0.480 e. The number of hydrogen-bond acceptors (Lipinski definition) is 7. The van der Waals surface area contributed by atoms with Crippen LogP contribution in [0.5, 0.6) is 0 Å². The van der Waals surface area contributed by atoms with Crippen molar-refractivity contribution in [1.29, 1.82) is 0 Å². The molecule has 0 aliphatic carbocycles. The molecular weight excluding hydrogens is 340 g/mol. The first kappa shape index (κ1) is 25.0. The average molecular weight is 366 g/mol. The van der Waals surface area contributed by atoms with Gasteiger partial charge in [0.2, 0.25) is 5.91 Å². The lowest BCUT2D eigenvalue weighted by Crippen LogP contribution is -2.42. The molecule has 0 aromatic heterocycles. The second-order valence-corrected chi connectivity index (χ2v) is 5.61. The van der Waals surface area contributed by atoms with Crippen LogP contribution in [0, 0.1) is 5.92 Å². The first-order chi connectivity index (χ1) is 11.4. The maximum atomic E-state index is 11.4. The molecule has 0 spiro atoms. The molecule has 0 heterocycles. The first-order valence-corrected chi connectivity index (χ1v) is 7.44. The predicted octanol–water partition coefficient (Wildman–Crippen LogP) is -1.78. The van der Waals surface area contributed by atoms with Gasteiger partial charge in [0, 0.05) is 6.42 Å². The SMILES string of the molecule is CC(C)CC(NC(=O)CCC(N)C(=O)O)C(=O)O.O=C(O)C(O)CO. The Bertz CT molecular complexity index is 454. The number of rotatable bonds is 10. The molecule has 0 fully saturated rings. The highest BCUT2D eigenvalue weighted by Crippen LogP contribution is 2.06. The van der Waals surface area contributed by atoms with Crippen LogP contribution >= 0.6 is 0 Å². The predicted molar refractivity (Wildman–Crippen MR) is 84.6 cm³/mol. The number of amides is 1. The van der Waals surface area contributed by atoms with E-state index in [1.165, 1.54) is 0 Å². The van der Waals surface area contributed by atoms with Gasteiger partial charge in [-0.05, 0) is 18.8 Å². The third-order valence-electron chi connectivity index (χ3n) is 2.80. The molecule has 0 aliphatic rings. The van der Waals surface area contributed by atoms with Crippen LogP contribution < -0.4 is 11.1 Å². The number of hydrogen-bond donors (Lipinski definition) is 7. The quantitative estimate of drug-likeness (QED) is 0.231. The van der Waals surface area contributed by atoms with Crippen LogP contribution in [0.1, 0.15) is 33.1 Å². The van der Waals surface area contributed by atoms with Crippen LogP contribution in [0.3, 0.4) is 0 Å². The third-order valence-corrected chi connectivity index (χ3v) is 2.80. The molecule has 0 aliphatic heterocycles. The maximum absolute atomic E-state index is 11.4. The smallest absolute Gasteiger partial charge is 0.334 e. The lowest BCUT2D eigenvalue weighted by Gasteiger charge is -2.16. The van der Waals surface area contributed by atoms with Crippen LogP contribution in [0.4, 0.5) is 0 Å². The Morgan fingerprint density at radius 1 is 1.00 bits per heavy atom. The fourth-order valence-electron chi connectivity index (χ4n) is 1.45. The Labute approximate surface area is 144 Å². The highest BCUT2D eigenvalue weighted by atomic mass is 16.4. The monoisotopic (exact) mass is 366 g/mol. The Morgan fingerprint density at radius 2 is 1.52 bits per heavy atom. The van der Waals surface area contributed by atoms with E-state index >= 15 is 0 Å². The Balaban J connectivity index is 0. The molecule has 0 aromatic carbocycles. The zero-order valence-corrected chi connectivity index (χ0v) is 14.1. The van der Waals surface area contributed by atoms with E-state index in [1.807, 2.05) is 13.8 Å². The summed E-state index contributed by atoms with van der Waals surface area (Å²) in [6, 6.07) is -2.05. The zero-order chi connectivity index (χ0) is 20.2. The molecule has 0 saturated carbocycles. The molecule has 3 atom stereocenters. The van der Waals surface area contributed by atoms with Crippen LogP contribution in [-0.4, -0.2) is 74.1 Å². The number of aliphatic hydroxyl groups excluding tert-OH is 2. The molecule has 0 radical (unpaired) electrons. The van der Waals surface area contributed by atoms with E-state index in [-0.39, 0.29) is 18.8 Å². The fraction of sp³-hybridized carbons (Fsp3) is 0.714. The fourth-order valence-corrected chi connectivity index (χ4v) is 1.45. The molecule has 25 heavy (non-hydrogen) atoms. The molecule has 0 bridgehead atoms. The summed E-state index contributed by atoms with van der Waals surface area (Å²) in [5, 5.41) is 43.5. The second-order valence-electron chi connectivity index (χ2n) is 5.61. The number of carbonyl (C=O) groups is 4. The van der Waals surface area contributed by atoms with E-state index in [0.29, 0.717) is 6.42 Å². The van der Waals surface area contributed by atoms with Crippen LogP contribution in [0.2, 0.25) is 0 Å².